The van der Waals surface area contributed by atoms with Crippen LogP contribution in [0, 0.1) is 21.7 Å². The second-order valence-corrected chi connectivity index (χ2v) is 4.88. The van der Waals surface area contributed by atoms with Gasteiger partial charge in [0.1, 0.15) is 11.4 Å². The van der Waals surface area contributed by atoms with Gasteiger partial charge in [0.15, 0.2) is 0 Å². The Morgan fingerprint density at radius 3 is 2.86 bits per heavy atom. The summed E-state index contributed by atoms with van der Waals surface area (Å²) in [6, 6.07) is 1.17. The standard InChI is InChI=1S/C13H15F2N3O3/c14-9-4-5-10(18(20)21)12(15)11(9)13(19)17-8-3-1-2-6-16-7-8/h4-5,8,16H,1-3,6-7H2,(H,17,19). The highest BCUT2D eigenvalue weighted by Crippen LogP contribution is 2.23. The van der Waals surface area contributed by atoms with Crippen LogP contribution < -0.4 is 10.6 Å². The molecule has 1 unspecified atom stereocenters. The van der Waals surface area contributed by atoms with E-state index < -0.39 is 33.7 Å². The van der Waals surface area contributed by atoms with Gasteiger partial charge in [0, 0.05) is 18.7 Å². The second kappa shape index (κ2) is 6.57. The highest BCUT2D eigenvalue weighted by atomic mass is 19.1. The van der Waals surface area contributed by atoms with Crippen molar-refractivity contribution < 1.29 is 18.5 Å². The molecular weight excluding hydrogens is 284 g/mol. The predicted octanol–water partition coefficient (Wildman–Crippen LogP) is 1.74. The van der Waals surface area contributed by atoms with Gasteiger partial charge in [0.05, 0.1) is 4.92 Å². The monoisotopic (exact) mass is 299 g/mol. The molecule has 6 nitrogen and oxygen atoms in total. The number of hydrogen-bond donors (Lipinski definition) is 2. The van der Waals surface area contributed by atoms with Gasteiger partial charge in [-0.1, -0.05) is 6.42 Å². The lowest BCUT2D eigenvalue weighted by Crippen LogP contribution is -2.41. The van der Waals surface area contributed by atoms with Gasteiger partial charge in [0.2, 0.25) is 5.82 Å². The zero-order valence-electron chi connectivity index (χ0n) is 11.2. The van der Waals surface area contributed by atoms with Crippen LogP contribution in [0.2, 0.25) is 0 Å². The molecule has 0 aromatic heterocycles. The fourth-order valence-corrected chi connectivity index (χ4v) is 2.29. The van der Waals surface area contributed by atoms with Crippen LogP contribution in [0.15, 0.2) is 12.1 Å². The molecule has 1 atom stereocenters. The molecule has 1 fully saturated rings. The van der Waals surface area contributed by atoms with Crippen molar-refractivity contribution in [3.63, 3.8) is 0 Å². The average molecular weight is 299 g/mol. The first-order valence-electron chi connectivity index (χ1n) is 6.64. The number of nitro benzene ring substituents is 1. The number of nitrogens with one attached hydrogen (secondary N) is 2. The number of amides is 1. The van der Waals surface area contributed by atoms with Gasteiger partial charge in [-0.3, -0.25) is 14.9 Å². The fraction of sp³-hybridized carbons (Fsp3) is 0.462. The third-order valence-corrected chi connectivity index (χ3v) is 3.38. The van der Waals surface area contributed by atoms with Crippen molar-refractivity contribution in [2.24, 2.45) is 0 Å². The number of carbonyl (C=O) groups is 1. The molecular formula is C13H15F2N3O3. The molecule has 0 saturated carbocycles. The minimum Gasteiger partial charge on any atom is -0.348 e. The Morgan fingerprint density at radius 1 is 1.38 bits per heavy atom. The zero-order chi connectivity index (χ0) is 15.4. The Balaban J connectivity index is 2.22. The highest BCUT2D eigenvalue weighted by Gasteiger charge is 2.27. The van der Waals surface area contributed by atoms with Crippen LogP contribution in [0.25, 0.3) is 0 Å². The Labute approximate surface area is 119 Å². The quantitative estimate of drug-likeness (QED) is 0.658. The molecule has 0 radical (unpaired) electrons. The van der Waals surface area contributed by atoms with Gasteiger partial charge in [-0.25, -0.2) is 4.39 Å². The highest BCUT2D eigenvalue weighted by molar-refractivity contribution is 5.95. The summed E-state index contributed by atoms with van der Waals surface area (Å²) in [5.41, 5.74) is -1.83. The Morgan fingerprint density at radius 2 is 2.14 bits per heavy atom. The molecule has 0 spiro atoms. The number of halogens is 2. The van der Waals surface area contributed by atoms with Crippen LogP contribution in [0.4, 0.5) is 14.5 Å². The summed E-state index contributed by atoms with van der Waals surface area (Å²) < 4.78 is 27.6. The van der Waals surface area contributed by atoms with Gasteiger partial charge < -0.3 is 10.6 Å². The van der Waals surface area contributed by atoms with Crippen molar-refractivity contribution in [3.05, 3.63) is 39.4 Å². The molecule has 2 N–H and O–H groups in total. The van der Waals surface area contributed by atoms with E-state index in [1.807, 2.05) is 0 Å². The van der Waals surface area contributed by atoms with E-state index in [1.54, 1.807) is 0 Å². The molecule has 1 aliphatic rings. The van der Waals surface area contributed by atoms with E-state index in [0.29, 0.717) is 19.0 Å². The molecule has 1 aromatic rings. The maximum atomic E-state index is 13.9. The lowest BCUT2D eigenvalue weighted by Gasteiger charge is -2.16. The van der Waals surface area contributed by atoms with Crippen LogP contribution >= 0.6 is 0 Å². The van der Waals surface area contributed by atoms with Crippen LogP contribution in [0.3, 0.4) is 0 Å². The molecule has 8 heteroatoms. The van der Waals surface area contributed by atoms with Crippen molar-refractivity contribution in [2.45, 2.75) is 25.3 Å². The summed E-state index contributed by atoms with van der Waals surface area (Å²) in [5.74, 6) is -3.53. The van der Waals surface area contributed by atoms with Crippen LogP contribution in [-0.4, -0.2) is 30.0 Å². The van der Waals surface area contributed by atoms with E-state index in [4.69, 9.17) is 0 Å². The van der Waals surface area contributed by atoms with E-state index in [-0.39, 0.29) is 6.04 Å². The molecule has 2 rings (SSSR count). The lowest BCUT2D eigenvalue weighted by molar-refractivity contribution is -0.387. The molecule has 1 aliphatic heterocycles. The normalized spacial score (nSPS) is 18.9. The Hall–Kier alpha value is -2.09. The van der Waals surface area contributed by atoms with Crippen molar-refractivity contribution in [1.29, 1.82) is 0 Å². The molecule has 1 amide bonds. The SMILES string of the molecule is O=C(NC1CCCCNC1)c1c(F)ccc([N+](=O)[O-])c1F. The average Bonchev–Trinajstić information content (AvgIpc) is 2.67. The molecule has 114 valence electrons. The van der Waals surface area contributed by atoms with E-state index in [0.717, 1.165) is 25.5 Å². The Bertz CT molecular complexity index is 558. The van der Waals surface area contributed by atoms with Gasteiger partial charge in [-0.05, 0) is 25.5 Å². The van der Waals surface area contributed by atoms with E-state index in [1.165, 1.54) is 0 Å². The summed E-state index contributed by atoms with van der Waals surface area (Å²) >= 11 is 0. The van der Waals surface area contributed by atoms with Crippen molar-refractivity contribution in [1.82, 2.24) is 10.6 Å². The summed E-state index contributed by atoms with van der Waals surface area (Å²) in [7, 11) is 0. The molecule has 0 aliphatic carbocycles. The van der Waals surface area contributed by atoms with E-state index in [2.05, 4.69) is 10.6 Å². The summed E-state index contributed by atoms with van der Waals surface area (Å²) in [4.78, 5) is 21.7. The number of hydrogen-bond acceptors (Lipinski definition) is 4. The summed E-state index contributed by atoms with van der Waals surface area (Å²) in [6.45, 7) is 1.33. The minimum absolute atomic E-state index is 0.252. The molecule has 1 heterocycles. The van der Waals surface area contributed by atoms with Crippen LogP contribution in [0.1, 0.15) is 29.6 Å². The fourth-order valence-electron chi connectivity index (χ4n) is 2.29. The topological polar surface area (TPSA) is 84.3 Å². The molecule has 21 heavy (non-hydrogen) atoms. The maximum absolute atomic E-state index is 13.9. The number of nitrogens with zero attached hydrogens (tertiary/aromatic N) is 1. The summed E-state index contributed by atoms with van der Waals surface area (Å²) in [5, 5.41) is 16.3. The van der Waals surface area contributed by atoms with Gasteiger partial charge in [0.25, 0.3) is 5.91 Å². The number of benzene rings is 1. The Kier molecular flexibility index (Phi) is 4.79. The smallest absolute Gasteiger partial charge is 0.305 e. The van der Waals surface area contributed by atoms with E-state index >= 15 is 0 Å². The van der Waals surface area contributed by atoms with Crippen molar-refractivity contribution >= 4 is 11.6 Å². The lowest BCUT2D eigenvalue weighted by atomic mass is 10.1. The molecule has 0 bridgehead atoms. The number of nitro groups is 1. The molecule has 1 aromatic carbocycles. The second-order valence-electron chi connectivity index (χ2n) is 4.88. The first-order valence-corrected chi connectivity index (χ1v) is 6.64. The van der Waals surface area contributed by atoms with Crippen LogP contribution in [0.5, 0.6) is 0 Å². The minimum atomic E-state index is -1.45. The zero-order valence-corrected chi connectivity index (χ0v) is 11.2. The molecule has 1 saturated heterocycles. The van der Waals surface area contributed by atoms with Gasteiger partial charge >= 0.3 is 5.69 Å². The van der Waals surface area contributed by atoms with Crippen molar-refractivity contribution in [3.8, 4) is 0 Å². The first-order chi connectivity index (χ1) is 10.0. The number of carbonyl (C=O) groups excluding carboxylic acids is 1. The largest absolute Gasteiger partial charge is 0.348 e. The van der Waals surface area contributed by atoms with E-state index in [9.17, 15) is 23.7 Å². The number of rotatable bonds is 3. The van der Waals surface area contributed by atoms with Gasteiger partial charge in [-0.2, -0.15) is 4.39 Å². The van der Waals surface area contributed by atoms with Crippen LogP contribution in [-0.2, 0) is 0 Å². The van der Waals surface area contributed by atoms with Gasteiger partial charge in [-0.15, -0.1) is 0 Å². The third kappa shape index (κ3) is 3.52. The van der Waals surface area contributed by atoms with Crippen molar-refractivity contribution in [2.75, 3.05) is 13.1 Å². The maximum Gasteiger partial charge on any atom is 0.305 e. The summed E-state index contributed by atoms with van der Waals surface area (Å²) in [6.07, 6.45) is 2.54. The third-order valence-electron chi connectivity index (χ3n) is 3.38. The first kappa shape index (κ1) is 15.3. The predicted molar refractivity (Wildman–Crippen MR) is 71.0 cm³/mol.